The van der Waals surface area contributed by atoms with Crippen molar-refractivity contribution in [1.82, 2.24) is 0 Å². The van der Waals surface area contributed by atoms with E-state index >= 15 is 0 Å². The van der Waals surface area contributed by atoms with Gasteiger partial charge in [-0.1, -0.05) is 17.7 Å². The second kappa shape index (κ2) is 8.11. The molecule has 2 rings (SSSR count). The van der Waals surface area contributed by atoms with Gasteiger partial charge in [-0.2, -0.15) is 0 Å². The Kier molecular flexibility index (Phi) is 5.91. The minimum atomic E-state index is -0.738. The molecule has 2 aromatic carbocycles. The van der Waals surface area contributed by atoms with Gasteiger partial charge in [-0.3, -0.25) is 14.9 Å². The van der Waals surface area contributed by atoms with Crippen LogP contribution in [0.15, 0.2) is 42.5 Å². The second-order valence-electron chi connectivity index (χ2n) is 4.77. The fraction of sp³-hybridized carbons (Fsp3) is 0.125. The Hall–Kier alpha value is -3.13. The van der Waals surface area contributed by atoms with Crippen molar-refractivity contribution in [1.29, 1.82) is 0 Å². The number of nitro groups is 1. The summed E-state index contributed by atoms with van der Waals surface area (Å²) in [6.45, 7) is -0.611. The van der Waals surface area contributed by atoms with Crippen LogP contribution < -0.4 is 10.1 Å². The lowest BCUT2D eigenvalue weighted by molar-refractivity contribution is -0.383. The number of nitrogens with one attached hydrogen (secondary N) is 1. The van der Waals surface area contributed by atoms with E-state index in [1.54, 1.807) is 12.1 Å². The van der Waals surface area contributed by atoms with Crippen LogP contribution >= 0.6 is 11.6 Å². The molecule has 0 fully saturated rings. The van der Waals surface area contributed by atoms with E-state index in [2.05, 4.69) is 5.32 Å². The maximum Gasteiger partial charge on any atom is 0.338 e. The lowest BCUT2D eigenvalue weighted by Gasteiger charge is -2.08. The molecule has 8 nitrogen and oxygen atoms in total. The number of esters is 1. The van der Waals surface area contributed by atoms with E-state index in [0.717, 1.165) is 0 Å². The van der Waals surface area contributed by atoms with Crippen molar-refractivity contribution in [2.75, 3.05) is 19.0 Å². The zero-order valence-electron chi connectivity index (χ0n) is 13.0. The predicted molar refractivity (Wildman–Crippen MR) is 90.0 cm³/mol. The van der Waals surface area contributed by atoms with Crippen molar-refractivity contribution in [3.05, 3.63) is 63.2 Å². The van der Waals surface area contributed by atoms with E-state index in [-0.39, 0.29) is 16.9 Å². The molecular weight excluding hydrogens is 352 g/mol. The van der Waals surface area contributed by atoms with E-state index in [4.69, 9.17) is 21.1 Å². The number of halogens is 1. The molecule has 2 aromatic rings. The van der Waals surface area contributed by atoms with E-state index in [9.17, 15) is 19.7 Å². The smallest absolute Gasteiger partial charge is 0.338 e. The molecule has 0 aliphatic carbocycles. The van der Waals surface area contributed by atoms with Gasteiger partial charge in [0.1, 0.15) is 11.4 Å². The Labute approximate surface area is 147 Å². The summed E-state index contributed by atoms with van der Waals surface area (Å²) >= 11 is 5.77. The topological polar surface area (TPSA) is 108 Å². The lowest BCUT2D eigenvalue weighted by Crippen LogP contribution is -2.21. The molecule has 0 unspecified atom stereocenters. The number of carbonyl (C=O) groups is 2. The molecule has 0 atom stereocenters. The van der Waals surface area contributed by atoms with Gasteiger partial charge in [0.15, 0.2) is 6.61 Å². The minimum absolute atomic E-state index is 0.0619. The monoisotopic (exact) mass is 364 g/mol. The average Bonchev–Trinajstić information content (AvgIpc) is 2.59. The number of carbonyl (C=O) groups excluding carboxylic acids is 2. The van der Waals surface area contributed by atoms with Crippen molar-refractivity contribution in [2.24, 2.45) is 0 Å². The molecule has 0 saturated heterocycles. The number of anilines is 1. The van der Waals surface area contributed by atoms with Crippen molar-refractivity contribution in [3.63, 3.8) is 0 Å². The van der Waals surface area contributed by atoms with E-state index in [1.807, 2.05) is 0 Å². The van der Waals surface area contributed by atoms with Gasteiger partial charge in [0, 0.05) is 17.2 Å². The van der Waals surface area contributed by atoms with Gasteiger partial charge in [-0.25, -0.2) is 4.79 Å². The summed E-state index contributed by atoms with van der Waals surface area (Å²) in [6, 6.07) is 9.94. The first-order valence-corrected chi connectivity index (χ1v) is 7.33. The highest BCUT2D eigenvalue weighted by Gasteiger charge is 2.18. The third-order valence-electron chi connectivity index (χ3n) is 3.07. The largest absolute Gasteiger partial charge is 0.497 e. The van der Waals surface area contributed by atoms with E-state index in [0.29, 0.717) is 10.8 Å². The van der Waals surface area contributed by atoms with Crippen LogP contribution in [-0.2, 0) is 9.53 Å². The first kappa shape index (κ1) is 18.2. The van der Waals surface area contributed by atoms with E-state index < -0.39 is 23.4 Å². The molecule has 1 amide bonds. The predicted octanol–water partition coefficient (Wildman–Crippen LogP) is 3.05. The third kappa shape index (κ3) is 4.92. The summed E-state index contributed by atoms with van der Waals surface area (Å²) in [6.07, 6.45) is 0. The molecule has 0 heterocycles. The maximum atomic E-state index is 11.9. The molecule has 25 heavy (non-hydrogen) atoms. The SMILES string of the molecule is COc1ccc([N+](=O)[O-])c(NC(=O)COC(=O)c2cccc(Cl)c2)c1. The van der Waals surface area contributed by atoms with Crippen molar-refractivity contribution in [3.8, 4) is 5.75 Å². The molecule has 0 aliphatic rings. The van der Waals surface area contributed by atoms with Gasteiger partial charge >= 0.3 is 5.97 Å². The summed E-state index contributed by atoms with van der Waals surface area (Å²) in [5.74, 6) is -1.14. The van der Waals surface area contributed by atoms with Crippen LogP contribution in [0.4, 0.5) is 11.4 Å². The van der Waals surface area contributed by atoms with Gasteiger partial charge in [0.2, 0.25) is 0 Å². The van der Waals surface area contributed by atoms with E-state index in [1.165, 1.54) is 37.4 Å². The average molecular weight is 365 g/mol. The van der Waals surface area contributed by atoms with Crippen LogP contribution in [0, 0.1) is 10.1 Å². The van der Waals surface area contributed by atoms with Gasteiger partial charge < -0.3 is 14.8 Å². The highest BCUT2D eigenvalue weighted by molar-refractivity contribution is 6.30. The molecule has 0 aliphatic heterocycles. The standard InChI is InChI=1S/C16H13ClN2O6/c1-24-12-5-6-14(19(22)23)13(8-12)18-15(20)9-25-16(21)10-3-2-4-11(17)7-10/h2-8H,9H2,1H3,(H,18,20). The number of nitrogens with zero attached hydrogens (tertiary/aromatic N) is 1. The Morgan fingerprint density at radius 2 is 2.00 bits per heavy atom. The Balaban J connectivity index is 2.03. The number of methoxy groups -OCH3 is 1. The van der Waals surface area contributed by atoms with Crippen LogP contribution in [0.25, 0.3) is 0 Å². The zero-order valence-corrected chi connectivity index (χ0v) is 13.8. The number of nitro benzene ring substituents is 1. The molecule has 0 saturated carbocycles. The third-order valence-corrected chi connectivity index (χ3v) is 3.30. The Morgan fingerprint density at radius 3 is 2.64 bits per heavy atom. The first-order valence-electron chi connectivity index (χ1n) is 6.95. The van der Waals surface area contributed by atoms with Gasteiger partial charge in [-0.05, 0) is 24.3 Å². The quantitative estimate of drug-likeness (QED) is 0.479. The normalized spacial score (nSPS) is 10.0. The molecular formula is C16H13ClN2O6. The fourth-order valence-electron chi connectivity index (χ4n) is 1.92. The lowest BCUT2D eigenvalue weighted by atomic mass is 10.2. The van der Waals surface area contributed by atoms with Crippen LogP contribution in [0.3, 0.4) is 0 Å². The highest BCUT2D eigenvalue weighted by Crippen LogP contribution is 2.28. The maximum absolute atomic E-state index is 11.9. The van der Waals surface area contributed by atoms with Crippen LogP contribution in [0.5, 0.6) is 5.75 Å². The summed E-state index contributed by atoms with van der Waals surface area (Å²) < 4.78 is 9.83. The zero-order chi connectivity index (χ0) is 18.4. The molecule has 1 N–H and O–H groups in total. The summed E-state index contributed by atoms with van der Waals surface area (Å²) in [4.78, 5) is 34.1. The Bertz CT molecular complexity index is 824. The minimum Gasteiger partial charge on any atom is -0.497 e. The molecule has 0 spiro atoms. The number of hydrogen-bond acceptors (Lipinski definition) is 6. The molecule has 0 aromatic heterocycles. The summed E-state index contributed by atoms with van der Waals surface area (Å²) in [7, 11) is 1.39. The fourth-order valence-corrected chi connectivity index (χ4v) is 2.11. The first-order chi connectivity index (χ1) is 11.9. The van der Waals surface area contributed by atoms with Gasteiger partial charge in [0.05, 0.1) is 17.6 Å². The van der Waals surface area contributed by atoms with Gasteiger partial charge in [0.25, 0.3) is 11.6 Å². The number of hydrogen-bond donors (Lipinski definition) is 1. The number of rotatable bonds is 6. The highest BCUT2D eigenvalue weighted by atomic mass is 35.5. The molecule has 0 bridgehead atoms. The van der Waals surface area contributed by atoms with Crippen molar-refractivity contribution < 1.29 is 24.0 Å². The molecule has 0 radical (unpaired) electrons. The Morgan fingerprint density at radius 1 is 1.24 bits per heavy atom. The van der Waals surface area contributed by atoms with Crippen LogP contribution in [0.1, 0.15) is 10.4 Å². The van der Waals surface area contributed by atoms with Crippen molar-refractivity contribution in [2.45, 2.75) is 0 Å². The number of benzene rings is 2. The molecule has 130 valence electrons. The van der Waals surface area contributed by atoms with Crippen LogP contribution in [-0.4, -0.2) is 30.5 Å². The molecule has 9 heteroatoms. The van der Waals surface area contributed by atoms with Crippen LogP contribution in [0.2, 0.25) is 5.02 Å². The second-order valence-corrected chi connectivity index (χ2v) is 5.21. The van der Waals surface area contributed by atoms with Gasteiger partial charge in [-0.15, -0.1) is 0 Å². The number of ether oxygens (including phenoxy) is 2. The summed E-state index contributed by atoms with van der Waals surface area (Å²) in [5.41, 5.74) is -0.184. The van der Waals surface area contributed by atoms with Crippen molar-refractivity contribution >= 4 is 34.9 Å². The number of amides is 1. The summed E-state index contributed by atoms with van der Waals surface area (Å²) in [5, 5.41) is 13.7.